The van der Waals surface area contributed by atoms with Gasteiger partial charge in [-0.25, -0.2) is 4.68 Å². The minimum atomic E-state index is -0.387. The minimum absolute atomic E-state index is 0.0128. The third-order valence-electron chi connectivity index (χ3n) is 4.46. The summed E-state index contributed by atoms with van der Waals surface area (Å²) in [7, 11) is 1.80. The molecular formula is C19H21N5O3. The summed E-state index contributed by atoms with van der Waals surface area (Å²) in [6.45, 7) is 4.08. The lowest BCUT2D eigenvalue weighted by molar-refractivity contribution is 0.101. The van der Waals surface area contributed by atoms with Gasteiger partial charge in [-0.2, -0.15) is 0 Å². The molecule has 0 unspecified atom stereocenters. The number of hydrogen-bond donors (Lipinski definition) is 2. The Morgan fingerprint density at radius 3 is 2.59 bits per heavy atom. The normalized spacial score (nSPS) is 10.9. The number of carbonyl (C=O) groups is 1. The molecule has 0 atom stereocenters. The lowest BCUT2D eigenvalue weighted by atomic mass is 10.1. The Hall–Kier alpha value is -3.26. The number of nitrogens with one attached hydrogen (secondary N) is 1. The van der Waals surface area contributed by atoms with E-state index in [2.05, 4.69) is 15.6 Å². The van der Waals surface area contributed by atoms with Crippen LogP contribution >= 0.6 is 0 Å². The Morgan fingerprint density at radius 1 is 1.22 bits per heavy atom. The van der Waals surface area contributed by atoms with Crippen LogP contribution in [0.4, 0.5) is 0 Å². The zero-order valence-corrected chi connectivity index (χ0v) is 15.4. The van der Waals surface area contributed by atoms with Gasteiger partial charge in [0.05, 0.1) is 23.3 Å². The van der Waals surface area contributed by atoms with E-state index < -0.39 is 0 Å². The van der Waals surface area contributed by atoms with Crippen molar-refractivity contribution in [1.82, 2.24) is 24.9 Å². The first-order valence-corrected chi connectivity index (χ1v) is 8.48. The smallest absolute Gasteiger partial charge is 0.223 e. The van der Waals surface area contributed by atoms with Gasteiger partial charge in [-0.1, -0.05) is 5.21 Å². The average Bonchev–Trinajstić information content (AvgIpc) is 3.12. The van der Waals surface area contributed by atoms with E-state index in [1.165, 1.54) is 13.0 Å². The molecule has 2 aromatic heterocycles. The fourth-order valence-electron chi connectivity index (χ4n) is 2.73. The van der Waals surface area contributed by atoms with Gasteiger partial charge in [0.1, 0.15) is 0 Å². The first-order chi connectivity index (χ1) is 12.9. The van der Waals surface area contributed by atoms with Crippen LogP contribution in [0.1, 0.15) is 34.4 Å². The van der Waals surface area contributed by atoms with E-state index in [0.717, 1.165) is 11.4 Å². The molecule has 8 nitrogen and oxygen atoms in total. The molecule has 140 valence electrons. The number of Topliss-reactive ketones (excluding diaryl/α,β-unsaturated/α-hetero) is 1. The van der Waals surface area contributed by atoms with Crippen LogP contribution in [-0.2, 0) is 20.1 Å². The lowest BCUT2D eigenvalue weighted by Gasteiger charge is -2.13. The summed E-state index contributed by atoms with van der Waals surface area (Å²) < 4.78 is 3.40. The highest BCUT2D eigenvalue weighted by Gasteiger charge is 2.11. The van der Waals surface area contributed by atoms with Gasteiger partial charge in [-0.3, -0.25) is 9.59 Å². The van der Waals surface area contributed by atoms with Crippen LogP contribution in [0, 0.1) is 6.92 Å². The van der Waals surface area contributed by atoms with Crippen molar-refractivity contribution in [2.45, 2.75) is 26.9 Å². The van der Waals surface area contributed by atoms with E-state index in [1.807, 2.05) is 19.1 Å². The van der Waals surface area contributed by atoms with Crippen LogP contribution in [0.5, 0.6) is 5.75 Å². The monoisotopic (exact) mass is 367 g/mol. The number of hydrogen-bond acceptors (Lipinski definition) is 6. The second-order valence-electron chi connectivity index (χ2n) is 6.37. The standard InChI is InChI=1S/C19H21N5O3/c1-12-8-18(26)19(27)17(23(12)3)10-20-9-15-11-24(22-21-15)16-6-4-14(5-7-16)13(2)25/h4-8,11,20,27H,9-10H2,1-3H3. The second-order valence-corrected chi connectivity index (χ2v) is 6.37. The highest BCUT2D eigenvalue weighted by molar-refractivity contribution is 5.94. The highest BCUT2D eigenvalue weighted by Crippen LogP contribution is 2.13. The van der Waals surface area contributed by atoms with Crippen LogP contribution in [-0.4, -0.2) is 30.5 Å². The van der Waals surface area contributed by atoms with Gasteiger partial charge in [0.15, 0.2) is 11.5 Å². The maximum absolute atomic E-state index is 11.7. The summed E-state index contributed by atoms with van der Waals surface area (Å²) in [5.41, 5.74) is 3.06. The van der Waals surface area contributed by atoms with Gasteiger partial charge >= 0.3 is 0 Å². The summed E-state index contributed by atoms with van der Waals surface area (Å²) >= 11 is 0. The number of carbonyl (C=O) groups excluding carboxylic acids is 1. The van der Waals surface area contributed by atoms with E-state index in [9.17, 15) is 14.7 Å². The van der Waals surface area contributed by atoms with Crippen LogP contribution in [0.3, 0.4) is 0 Å². The van der Waals surface area contributed by atoms with Gasteiger partial charge in [0, 0.05) is 37.5 Å². The van der Waals surface area contributed by atoms with Crippen molar-refractivity contribution < 1.29 is 9.90 Å². The fourth-order valence-corrected chi connectivity index (χ4v) is 2.73. The second kappa shape index (κ2) is 7.55. The molecule has 2 heterocycles. The van der Waals surface area contributed by atoms with E-state index in [1.54, 1.807) is 34.6 Å². The van der Waals surface area contributed by atoms with Crippen LogP contribution < -0.4 is 10.7 Å². The minimum Gasteiger partial charge on any atom is -0.503 e. The molecule has 0 saturated heterocycles. The van der Waals surface area contributed by atoms with Gasteiger partial charge < -0.3 is 15.0 Å². The highest BCUT2D eigenvalue weighted by atomic mass is 16.3. The molecule has 3 aromatic rings. The topological polar surface area (TPSA) is 102 Å². The Bertz CT molecular complexity index is 1030. The van der Waals surface area contributed by atoms with E-state index in [-0.39, 0.29) is 17.0 Å². The van der Waals surface area contributed by atoms with Gasteiger partial charge in [0.2, 0.25) is 5.43 Å². The van der Waals surface area contributed by atoms with Crippen LogP contribution in [0.25, 0.3) is 5.69 Å². The number of aromatic nitrogens is 4. The fraction of sp³-hybridized carbons (Fsp3) is 0.263. The van der Waals surface area contributed by atoms with Crippen LogP contribution in [0.2, 0.25) is 0 Å². The number of ketones is 1. The molecule has 0 spiro atoms. The molecule has 0 saturated carbocycles. The number of aryl methyl sites for hydroxylation is 1. The SMILES string of the molecule is CC(=O)c1ccc(-n2cc(CNCc3c(O)c(=O)cc(C)n3C)nn2)cc1. The Kier molecular flexibility index (Phi) is 5.18. The molecule has 0 aliphatic carbocycles. The molecule has 8 heteroatoms. The molecule has 3 rings (SSSR count). The average molecular weight is 367 g/mol. The zero-order valence-electron chi connectivity index (χ0n) is 15.4. The molecule has 2 N–H and O–H groups in total. The van der Waals surface area contributed by atoms with E-state index in [4.69, 9.17) is 0 Å². The summed E-state index contributed by atoms with van der Waals surface area (Å²) in [5, 5.41) is 21.3. The number of rotatable bonds is 6. The van der Waals surface area contributed by atoms with Gasteiger partial charge in [-0.05, 0) is 38.1 Å². The molecule has 0 fully saturated rings. The zero-order chi connectivity index (χ0) is 19.6. The van der Waals surface area contributed by atoms with Crippen molar-refractivity contribution in [3.8, 4) is 11.4 Å². The third-order valence-corrected chi connectivity index (χ3v) is 4.46. The number of pyridine rings is 1. The first kappa shape index (κ1) is 18.5. The van der Waals surface area contributed by atoms with E-state index in [0.29, 0.717) is 30.0 Å². The van der Waals surface area contributed by atoms with Crippen molar-refractivity contribution in [3.63, 3.8) is 0 Å². The Labute approximate surface area is 156 Å². The Balaban J connectivity index is 1.67. The van der Waals surface area contributed by atoms with Crippen molar-refractivity contribution in [2.24, 2.45) is 7.05 Å². The number of nitrogens with zero attached hydrogens (tertiary/aromatic N) is 4. The molecule has 0 radical (unpaired) electrons. The molecule has 0 amide bonds. The summed E-state index contributed by atoms with van der Waals surface area (Å²) in [6.07, 6.45) is 1.78. The predicted octanol–water partition coefficient (Wildman–Crippen LogP) is 1.47. The molecule has 0 bridgehead atoms. The van der Waals surface area contributed by atoms with Crippen molar-refractivity contribution in [1.29, 1.82) is 0 Å². The molecule has 0 aliphatic heterocycles. The number of aromatic hydroxyl groups is 1. The van der Waals surface area contributed by atoms with Crippen molar-refractivity contribution >= 4 is 5.78 Å². The van der Waals surface area contributed by atoms with E-state index >= 15 is 0 Å². The summed E-state index contributed by atoms with van der Waals surface area (Å²) in [5.74, 6) is -0.233. The largest absolute Gasteiger partial charge is 0.503 e. The summed E-state index contributed by atoms with van der Waals surface area (Å²) in [4.78, 5) is 23.1. The molecular weight excluding hydrogens is 346 g/mol. The Morgan fingerprint density at radius 2 is 1.93 bits per heavy atom. The molecule has 1 aromatic carbocycles. The quantitative estimate of drug-likeness (QED) is 0.640. The molecule has 0 aliphatic rings. The lowest BCUT2D eigenvalue weighted by Crippen LogP contribution is -2.20. The first-order valence-electron chi connectivity index (χ1n) is 8.48. The maximum Gasteiger partial charge on any atom is 0.223 e. The maximum atomic E-state index is 11.7. The predicted molar refractivity (Wildman–Crippen MR) is 100.0 cm³/mol. The van der Waals surface area contributed by atoms with Crippen LogP contribution in [0.15, 0.2) is 41.3 Å². The number of benzene rings is 1. The summed E-state index contributed by atoms with van der Waals surface area (Å²) in [6, 6.07) is 8.52. The van der Waals surface area contributed by atoms with Crippen molar-refractivity contribution in [3.05, 3.63) is 69.4 Å². The van der Waals surface area contributed by atoms with Gasteiger partial charge in [-0.15, -0.1) is 5.10 Å². The van der Waals surface area contributed by atoms with Crippen molar-refractivity contribution in [2.75, 3.05) is 0 Å². The molecule has 27 heavy (non-hydrogen) atoms. The third kappa shape index (κ3) is 3.95. The van der Waals surface area contributed by atoms with Gasteiger partial charge in [0.25, 0.3) is 0 Å².